The third kappa shape index (κ3) is 5.83. The van der Waals surface area contributed by atoms with Gasteiger partial charge in [-0.15, -0.1) is 11.3 Å². The summed E-state index contributed by atoms with van der Waals surface area (Å²) in [5, 5.41) is 3.06. The Morgan fingerprint density at radius 3 is 2.26 bits per heavy atom. The molecule has 0 aliphatic rings. The highest BCUT2D eigenvalue weighted by molar-refractivity contribution is 9.11. The Kier molecular flexibility index (Phi) is 7.24. The molecule has 6 nitrogen and oxygen atoms in total. The number of halogens is 1. The number of aromatic nitrogens is 2. The molecule has 0 spiro atoms. The van der Waals surface area contributed by atoms with E-state index in [1.54, 1.807) is 14.2 Å². The van der Waals surface area contributed by atoms with Crippen molar-refractivity contribution in [3.8, 4) is 0 Å². The smallest absolute Gasteiger partial charge is 0.181 e. The first kappa shape index (κ1) is 16.3. The molecule has 4 N–H and O–H groups in total. The van der Waals surface area contributed by atoms with Crippen molar-refractivity contribution in [3.63, 3.8) is 0 Å². The lowest BCUT2D eigenvalue weighted by atomic mass is 10.5. The highest BCUT2D eigenvalue weighted by Gasteiger charge is 2.04. The van der Waals surface area contributed by atoms with Crippen LogP contribution in [0.5, 0.6) is 0 Å². The second-order valence-corrected chi connectivity index (χ2v) is 6.55. The van der Waals surface area contributed by atoms with E-state index in [1.165, 1.54) is 22.7 Å². The van der Waals surface area contributed by atoms with Crippen LogP contribution < -0.4 is 11.5 Å². The van der Waals surface area contributed by atoms with Crippen LogP contribution >= 0.6 is 38.6 Å². The number of nitrogens with two attached hydrogens (primary N) is 2. The molecule has 9 heteroatoms. The number of nitrogens with zero attached hydrogens (tertiary/aromatic N) is 2. The largest absolute Gasteiger partial charge is 0.378 e. The maximum Gasteiger partial charge on any atom is 0.181 e. The SMILES string of the molecule is COCc1csc(N)n1.COCc1nc(N)sc1Br. The summed E-state index contributed by atoms with van der Waals surface area (Å²) in [5.41, 5.74) is 12.6. The molecule has 0 radical (unpaired) electrons. The van der Waals surface area contributed by atoms with Gasteiger partial charge in [-0.1, -0.05) is 11.3 Å². The molecule has 0 amide bonds. The van der Waals surface area contributed by atoms with Crippen molar-refractivity contribution >= 4 is 48.9 Å². The first-order valence-corrected chi connectivity index (χ1v) is 7.64. The zero-order valence-corrected chi connectivity index (χ0v) is 13.8. The summed E-state index contributed by atoms with van der Waals surface area (Å²) >= 11 is 6.16. The highest BCUT2D eigenvalue weighted by atomic mass is 79.9. The van der Waals surface area contributed by atoms with E-state index in [4.69, 9.17) is 20.9 Å². The molecule has 0 aromatic carbocycles. The number of methoxy groups -OCH3 is 2. The van der Waals surface area contributed by atoms with Crippen molar-refractivity contribution in [2.75, 3.05) is 25.7 Å². The maximum absolute atomic E-state index is 5.43. The van der Waals surface area contributed by atoms with Crippen LogP contribution in [-0.2, 0) is 22.7 Å². The van der Waals surface area contributed by atoms with Crippen molar-refractivity contribution in [2.24, 2.45) is 0 Å². The molecule has 0 saturated heterocycles. The Hall–Kier alpha value is -0.740. The molecule has 0 aliphatic carbocycles. The lowest BCUT2D eigenvalue weighted by molar-refractivity contribution is 0.181. The van der Waals surface area contributed by atoms with Gasteiger partial charge in [0.2, 0.25) is 0 Å². The Labute approximate surface area is 127 Å². The molecule has 106 valence electrons. The molecule has 0 aliphatic heterocycles. The summed E-state index contributed by atoms with van der Waals surface area (Å²) < 4.78 is 10.7. The minimum atomic E-state index is 0.508. The summed E-state index contributed by atoms with van der Waals surface area (Å²) in [6, 6.07) is 0. The third-order valence-corrected chi connectivity index (χ3v) is 4.19. The molecule has 0 atom stereocenters. The first-order valence-electron chi connectivity index (χ1n) is 5.15. The zero-order chi connectivity index (χ0) is 14.3. The van der Waals surface area contributed by atoms with Gasteiger partial charge in [-0.2, -0.15) is 0 Å². The Balaban J connectivity index is 0.000000191. The van der Waals surface area contributed by atoms with Crippen molar-refractivity contribution in [2.45, 2.75) is 13.2 Å². The summed E-state index contributed by atoms with van der Waals surface area (Å²) in [7, 11) is 3.26. The fourth-order valence-corrected chi connectivity index (χ4v) is 2.92. The third-order valence-electron chi connectivity index (χ3n) is 1.81. The number of nitrogen functional groups attached to an aromatic ring is 2. The molecule has 2 rings (SSSR count). The van der Waals surface area contributed by atoms with Crippen molar-refractivity contribution in [1.29, 1.82) is 0 Å². The Morgan fingerprint density at radius 2 is 1.84 bits per heavy atom. The molecule has 0 fully saturated rings. The van der Waals surface area contributed by atoms with Gasteiger partial charge in [0.1, 0.15) is 0 Å². The monoisotopic (exact) mass is 366 g/mol. The van der Waals surface area contributed by atoms with Gasteiger partial charge < -0.3 is 20.9 Å². The molecule has 2 heterocycles. The molecule has 2 aromatic heterocycles. The number of ether oxygens (including phenoxy) is 2. The minimum absolute atomic E-state index is 0.508. The fourth-order valence-electron chi connectivity index (χ4n) is 1.11. The average Bonchev–Trinajstić information content (AvgIpc) is 2.88. The predicted molar refractivity (Wildman–Crippen MR) is 82.2 cm³/mol. The lowest BCUT2D eigenvalue weighted by Crippen LogP contribution is -1.89. The summed E-state index contributed by atoms with van der Waals surface area (Å²) in [6.07, 6.45) is 0. The number of anilines is 2. The standard InChI is InChI=1S/C5H7BrN2OS.C5H8N2OS/c1-9-2-3-4(6)10-5(7)8-3;1-8-2-4-3-9-5(6)7-4/h2H2,1H3,(H2,7,8);3H,2H2,1H3,(H2,6,7). The fraction of sp³-hybridized carbons (Fsp3) is 0.400. The highest BCUT2D eigenvalue weighted by Crippen LogP contribution is 2.26. The molecule has 0 bridgehead atoms. The van der Waals surface area contributed by atoms with Crippen molar-refractivity contribution in [3.05, 3.63) is 20.6 Å². The quantitative estimate of drug-likeness (QED) is 0.862. The van der Waals surface area contributed by atoms with E-state index in [0.29, 0.717) is 23.5 Å². The van der Waals surface area contributed by atoms with Crippen LogP contribution in [0.2, 0.25) is 0 Å². The van der Waals surface area contributed by atoms with Crippen molar-refractivity contribution < 1.29 is 9.47 Å². The molecular formula is C10H15BrN4O2S2. The van der Waals surface area contributed by atoms with E-state index < -0.39 is 0 Å². The molecular weight excluding hydrogens is 352 g/mol. The van der Waals surface area contributed by atoms with E-state index in [2.05, 4.69) is 25.9 Å². The van der Waals surface area contributed by atoms with Crippen LogP contribution in [0.4, 0.5) is 10.3 Å². The second-order valence-electron chi connectivity index (χ2n) is 3.32. The minimum Gasteiger partial charge on any atom is -0.378 e. The predicted octanol–water partition coefficient (Wildman–Crippen LogP) is 2.51. The van der Waals surface area contributed by atoms with Gasteiger partial charge in [0.15, 0.2) is 10.3 Å². The summed E-state index contributed by atoms with van der Waals surface area (Å²) in [6.45, 7) is 1.06. The van der Waals surface area contributed by atoms with Gasteiger partial charge in [0, 0.05) is 19.6 Å². The van der Waals surface area contributed by atoms with Crippen LogP contribution in [0.15, 0.2) is 9.17 Å². The molecule has 0 unspecified atom stereocenters. The number of hydrogen-bond acceptors (Lipinski definition) is 8. The van der Waals surface area contributed by atoms with Gasteiger partial charge >= 0.3 is 0 Å². The van der Waals surface area contributed by atoms with Crippen molar-refractivity contribution in [1.82, 2.24) is 9.97 Å². The van der Waals surface area contributed by atoms with E-state index in [1.807, 2.05) is 5.38 Å². The zero-order valence-electron chi connectivity index (χ0n) is 10.6. The number of hydrogen-bond donors (Lipinski definition) is 2. The lowest BCUT2D eigenvalue weighted by Gasteiger charge is -1.91. The summed E-state index contributed by atoms with van der Waals surface area (Å²) in [4.78, 5) is 8.00. The van der Waals surface area contributed by atoms with E-state index in [9.17, 15) is 0 Å². The Morgan fingerprint density at radius 1 is 1.16 bits per heavy atom. The van der Waals surface area contributed by atoms with Crippen LogP contribution in [0.3, 0.4) is 0 Å². The Bertz CT molecular complexity index is 503. The van der Waals surface area contributed by atoms with Gasteiger partial charge in [-0.05, 0) is 15.9 Å². The van der Waals surface area contributed by atoms with Crippen LogP contribution in [0.25, 0.3) is 0 Å². The number of thiazole rings is 2. The first-order chi connectivity index (χ1) is 9.06. The summed E-state index contributed by atoms with van der Waals surface area (Å²) in [5.74, 6) is 0. The van der Waals surface area contributed by atoms with Crippen LogP contribution in [0, 0.1) is 0 Å². The van der Waals surface area contributed by atoms with Crippen LogP contribution in [-0.4, -0.2) is 24.2 Å². The topological polar surface area (TPSA) is 96.3 Å². The van der Waals surface area contributed by atoms with E-state index in [-0.39, 0.29) is 0 Å². The second kappa shape index (κ2) is 8.43. The van der Waals surface area contributed by atoms with Gasteiger partial charge in [-0.3, -0.25) is 0 Å². The molecule has 0 saturated carbocycles. The molecule has 19 heavy (non-hydrogen) atoms. The van der Waals surface area contributed by atoms with Gasteiger partial charge in [0.05, 0.1) is 28.4 Å². The average molecular weight is 367 g/mol. The van der Waals surface area contributed by atoms with Gasteiger partial charge in [0.25, 0.3) is 0 Å². The normalized spacial score (nSPS) is 10.1. The van der Waals surface area contributed by atoms with E-state index >= 15 is 0 Å². The maximum atomic E-state index is 5.43. The van der Waals surface area contributed by atoms with Crippen LogP contribution in [0.1, 0.15) is 11.4 Å². The van der Waals surface area contributed by atoms with E-state index in [0.717, 1.165) is 15.2 Å². The van der Waals surface area contributed by atoms with Gasteiger partial charge in [-0.25, -0.2) is 9.97 Å². The molecule has 2 aromatic rings. The number of rotatable bonds is 4.